The van der Waals surface area contributed by atoms with Crippen molar-refractivity contribution in [2.45, 2.75) is 157 Å². The van der Waals surface area contributed by atoms with Crippen LogP contribution in [0.15, 0.2) is 91.0 Å². The Morgan fingerprint density at radius 1 is 0.584 bits per heavy atom. The Labute approximate surface area is 723 Å². The molecule has 15 bridgehead atoms. The van der Waals surface area contributed by atoms with Crippen LogP contribution < -0.4 is 97.5 Å². The fraction of sp³-hybridized carbons (Fsp3) is 0.477. The highest BCUT2D eigenvalue weighted by molar-refractivity contribution is 6.32. The number of imide groups is 1. The van der Waals surface area contributed by atoms with E-state index in [4.69, 9.17) is 44.8 Å². The average Bonchev–Trinajstić information content (AvgIpc) is 0.755. The number of likely N-dealkylation sites (N-methyl/N-ethyl adjacent to an activating group) is 4. The molecule has 6 aromatic rings. The van der Waals surface area contributed by atoms with Crippen LogP contribution in [0.5, 0.6) is 63.2 Å². The van der Waals surface area contributed by atoms with Crippen molar-refractivity contribution in [3.8, 4) is 74.4 Å². The third kappa shape index (κ3) is 20.6. The number of fused-ring (bicyclic) bond motifs is 15. The number of phenols is 3. The molecule has 125 heavy (non-hydrogen) atoms. The largest absolute Gasteiger partial charge is 0.508 e. The van der Waals surface area contributed by atoms with E-state index in [-0.39, 0.29) is 123 Å². The van der Waals surface area contributed by atoms with Crippen LogP contribution in [-0.2, 0) is 43.1 Å². The number of hydrogen-bond donors (Lipinski definition) is 22. The third-order valence-electron chi connectivity index (χ3n) is 23.5. The zero-order valence-electron chi connectivity index (χ0n) is 69.5. The smallest absolute Gasteiger partial charge is 0.325 e. The Hall–Kier alpha value is -11.4. The zero-order chi connectivity index (χ0) is 89.5. The molecule has 0 unspecified atom stereocenters. The van der Waals surface area contributed by atoms with Gasteiger partial charge < -0.3 is 143 Å². The number of nitrogens with one attached hydrogen (secondary N) is 13. The second-order valence-corrected chi connectivity index (χ2v) is 33.2. The molecule has 22 N–H and O–H groups in total. The summed E-state index contributed by atoms with van der Waals surface area (Å²) in [7, 11) is 6.61. The lowest BCUT2D eigenvalue weighted by molar-refractivity contribution is -0.277. The van der Waals surface area contributed by atoms with Crippen molar-refractivity contribution in [1.82, 2.24) is 63.8 Å². The van der Waals surface area contributed by atoms with Crippen LogP contribution in [0.4, 0.5) is 10.5 Å². The lowest BCUT2D eigenvalue weighted by atomic mass is 9.54. The minimum atomic E-state index is -2.40. The summed E-state index contributed by atoms with van der Waals surface area (Å²) in [4.78, 5) is 139. The molecule has 4 saturated carbocycles. The van der Waals surface area contributed by atoms with Crippen LogP contribution in [0.3, 0.4) is 0 Å². The molecule has 0 spiro atoms. The van der Waals surface area contributed by atoms with E-state index < -0.39 is 197 Å². The molecule has 672 valence electrons. The van der Waals surface area contributed by atoms with Gasteiger partial charge in [-0.1, -0.05) is 43.6 Å². The summed E-state index contributed by atoms with van der Waals surface area (Å²) in [6.45, 7) is 5.66. The number of aryl methyl sites for hydroxylation is 1. The topological polar surface area (TPSA) is 557 Å². The zero-order valence-corrected chi connectivity index (χ0v) is 70.3. The highest BCUT2D eigenvalue weighted by atomic mass is 35.5. The second-order valence-electron chi connectivity index (χ2n) is 32.8. The molecule has 16 rings (SSSR count). The molecule has 1 saturated heterocycles. The number of phenolic OH excluding ortho intramolecular Hbond substituents is 3. The number of halogens is 1. The van der Waals surface area contributed by atoms with Gasteiger partial charge in [-0.05, 0) is 191 Å². The maximum absolute atomic E-state index is 16.6. The van der Waals surface area contributed by atoms with Crippen molar-refractivity contribution in [3.05, 3.63) is 129 Å². The number of aromatic hydroxyl groups is 3. The van der Waals surface area contributed by atoms with E-state index in [1.807, 2.05) is 13.8 Å². The summed E-state index contributed by atoms with van der Waals surface area (Å²) in [5, 5.41) is 141. The fourth-order valence-corrected chi connectivity index (χ4v) is 17.7. The molecule has 39 heteroatoms. The summed E-state index contributed by atoms with van der Waals surface area (Å²) in [5.74, 6) is -12.9. The van der Waals surface area contributed by atoms with Gasteiger partial charge in [-0.25, -0.2) is 4.79 Å². The summed E-state index contributed by atoms with van der Waals surface area (Å²) < 4.78 is 44.1. The van der Waals surface area contributed by atoms with Crippen LogP contribution in [0, 0.1) is 36.5 Å². The molecule has 6 heterocycles. The number of aliphatic hydroxyl groups is 6. The minimum absolute atomic E-state index is 0.0159. The van der Waals surface area contributed by atoms with Gasteiger partial charge in [0.1, 0.15) is 121 Å². The number of benzene rings is 6. The lowest BCUT2D eigenvalue weighted by Crippen LogP contribution is -2.60. The number of carbonyl (C=O) groups is 9. The van der Waals surface area contributed by atoms with Gasteiger partial charge in [0.05, 0.1) is 29.8 Å². The van der Waals surface area contributed by atoms with Gasteiger partial charge in [-0.15, -0.1) is 0 Å². The Bertz CT molecular complexity index is 4980. The predicted molar refractivity (Wildman–Crippen MR) is 447 cm³/mol. The highest BCUT2D eigenvalue weighted by Gasteiger charge is 2.51. The minimum Gasteiger partial charge on any atom is -0.508 e. The molecule has 6 aromatic carbocycles. The highest BCUT2D eigenvalue weighted by Crippen LogP contribution is 2.55. The number of aliphatic hydroxyl groups excluding tert-OH is 6. The number of ether oxygens (including phenoxy) is 7. The maximum Gasteiger partial charge on any atom is 0.325 e. The lowest BCUT2D eigenvalue weighted by Gasteiger charge is -2.54. The molecule has 6 aliphatic heterocycles. The number of amides is 10. The van der Waals surface area contributed by atoms with E-state index in [0.717, 1.165) is 80.6 Å². The van der Waals surface area contributed by atoms with Gasteiger partial charge in [-0.3, -0.25) is 43.7 Å². The van der Waals surface area contributed by atoms with Gasteiger partial charge >= 0.3 is 6.03 Å². The van der Waals surface area contributed by atoms with Crippen molar-refractivity contribution in [1.29, 1.82) is 0 Å². The first-order chi connectivity index (χ1) is 59.8. The van der Waals surface area contributed by atoms with E-state index in [1.54, 1.807) is 21.1 Å². The Morgan fingerprint density at radius 3 is 1.80 bits per heavy atom. The molecule has 5 fully saturated rings. The van der Waals surface area contributed by atoms with Crippen LogP contribution >= 0.6 is 11.6 Å². The van der Waals surface area contributed by atoms with E-state index in [2.05, 4.69) is 69.1 Å². The number of carbonyl (C=O) groups excluding carboxylic acids is 9. The van der Waals surface area contributed by atoms with E-state index in [9.17, 15) is 60.3 Å². The molecule has 0 radical (unpaired) electrons. The summed E-state index contributed by atoms with van der Waals surface area (Å²) in [5.41, 5.74) is -1.96. The molecular formula is C86H106ClN13O25. The number of rotatable bonds is 25. The van der Waals surface area contributed by atoms with Crippen molar-refractivity contribution in [3.63, 3.8) is 0 Å². The first kappa shape index (κ1) is 91.3. The second kappa shape index (κ2) is 39.8. The van der Waals surface area contributed by atoms with Crippen LogP contribution in [0.1, 0.15) is 123 Å². The fourth-order valence-electron chi connectivity index (χ4n) is 17.4. The first-order valence-corrected chi connectivity index (χ1v) is 41.8. The summed E-state index contributed by atoms with van der Waals surface area (Å²) in [6, 6.07) is 1.92. The van der Waals surface area contributed by atoms with E-state index in [1.165, 1.54) is 56.4 Å². The van der Waals surface area contributed by atoms with Crippen LogP contribution in [-0.4, -0.2) is 234 Å². The molecule has 0 aromatic heterocycles. The molecule has 14 atom stereocenters. The van der Waals surface area contributed by atoms with Gasteiger partial charge in [0.15, 0.2) is 23.0 Å². The Balaban J connectivity index is 0.980. The van der Waals surface area contributed by atoms with Crippen molar-refractivity contribution in [2.75, 3.05) is 79.6 Å². The SMILES string of the molecule is CNCCOc1cc(NC(=O)NC(=O)C[C@@H]2NC(=O)[C@H](NC(=O)[C@@H](CC(C)C)NC)[C@H](O)c3ccc(c(C)c3)Oc3cc4cc(c3O[C@@H]3O[C@H](CO)[C@@H](O)[C@H](O)[C@H]3O)Oc3ccc(cc3Cl)[C@@H](O)[C@@H]3NC(=O)[C@H](NC(=O)[C@@H]4NC2=O)c2ccc(O)c(c2)-c2c(O)cc(O)cc2[C@@H](C(=O)NC2C4CC5CC(C4)CC2C5)NC3=O)cc(OCCNC)c1OCCNC. The number of anilines is 1. The van der Waals surface area contributed by atoms with Gasteiger partial charge in [0, 0.05) is 55.0 Å². The summed E-state index contributed by atoms with van der Waals surface area (Å²) >= 11 is 7.21. The molecule has 4 aliphatic carbocycles. The standard InChI is InChI=1S/C86H106ClN13O25/c1-37(2)20-52(91-7)78(111)99-69-71(106)42-9-12-56(38(3)21-42)122-60-29-46-30-61(77(60)125-85-75(110)74(109)73(108)62(36-101)124-85)123-57-13-10-43(28-51(57)87)72(107)70-84(117)98-68(82(115)95-65-44-23-39-22-40(25-44)26-45(65)24-39)50-33-48(102)34-55(104)64(50)49-27-41(8-11-54(49)103)66(80(113)100-70)97-81(114)67(46)96-79(112)53(93-83(69)116)35-63(105)94-86(118)92-47-31-58(119-17-14-88-4)76(121-19-16-90-6)59(32-47)120-18-15-89-5/h8-13,21,27-34,37,39-40,44-45,52-53,62,65-75,85,88-91,101-104,106-110H,14-20,22-26,35-36H2,1-7H3,(H,93,116)(H,95,115)(H,96,112)(H,97,114)(H,98,117)(H,99,111)(H,100,113)(H2,92,94,105,118)/t39?,40?,44?,45?,52-,53+,62-,65?,66-,67-,68+,69-,70+,71-,72-,73-,74+,75-,85+/m1/s1. The first-order valence-electron chi connectivity index (χ1n) is 41.4. The van der Waals surface area contributed by atoms with Crippen molar-refractivity contribution in [2.24, 2.45) is 29.6 Å². The molecule has 10 amide bonds. The predicted octanol–water partition coefficient (Wildman–Crippen LogP) is 2.04. The van der Waals surface area contributed by atoms with Crippen molar-refractivity contribution < 1.29 is 122 Å². The Kier molecular flexibility index (Phi) is 29.1. The third-order valence-corrected chi connectivity index (χ3v) is 23.8. The van der Waals surface area contributed by atoms with Crippen LogP contribution in [0.2, 0.25) is 5.02 Å². The quantitative estimate of drug-likeness (QED) is 0.0365. The molecular weight excluding hydrogens is 1650 g/mol. The average molecular weight is 1760 g/mol. The van der Waals surface area contributed by atoms with Gasteiger partial charge in [0.25, 0.3) is 0 Å². The number of urea groups is 1. The molecule has 38 nitrogen and oxygen atoms in total. The van der Waals surface area contributed by atoms with Gasteiger partial charge in [0.2, 0.25) is 65.0 Å². The maximum atomic E-state index is 16.6. The van der Waals surface area contributed by atoms with E-state index >= 15 is 28.8 Å². The monoisotopic (exact) mass is 1760 g/mol. The normalized spacial score (nSPS) is 26.5. The van der Waals surface area contributed by atoms with Gasteiger partial charge in [-0.2, -0.15) is 0 Å². The van der Waals surface area contributed by atoms with Crippen LogP contribution in [0.25, 0.3) is 11.1 Å². The van der Waals surface area contributed by atoms with E-state index in [0.29, 0.717) is 31.5 Å². The Morgan fingerprint density at radius 2 is 1.18 bits per heavy atom. The molecule has 10 aliphatic rings. The van der Waals surface area contributed by atoms with Crippen molar-refractivity contribution >= 4 is 70.6 Å². The summed E-state index contributed by atoms with van der Waals surface area (Å²) in [6.07, 6.45) is -10.8. The number of hydrogen-bond acceptors (Lipinski definition) is 29.